The first-order valence-corrected chi connectivity index (χ1v) is 7.46. The second kappa shape index (κ2) is 7.21. The molecule has 0 radical (unpaired) electrons. The van der Waals surface area contributed by atoms with E-state index in [4.69, 9.17) is 0 Å². The Kier molecular flexibility index (Phi) is 5.32. The summed E-state index contributed by atoms with van der Waals surface area (Å²) in [5.74, 6) is -0.332. The summed E-state index contributed by atoms with van der Waals surface area (Å²) in [6.45, 7) is 4.14. The largest absolute Gasteiger partial charge is 0.337 e. The van der Waals surface area contributed by atoms with Crippen molar-refractivity contribution in [2.45, 2.75) is 38.6 Å². The number of hydrogen-bond donors (Lipinski definition) is 3. The van der Waals surface area contributed by atoms with Gasteiger partial charge in [0.25, 0.3) is 11.5 Å². The molecule has 0 aliphatic carbocycles. The smallest absolute Gasteiger partial charge is 0.325 e. The van der Waals surface area contributed by atoms with Crippen molar-refractivity contribution in [3.05, 3.63) is 32.6 Å². The lowest BCUT2D eigenvalue weighted by atomic mass is 10.0. The molecule has 1 fully saturated rings. The van der Waals surface area contributed by atoms with Gasteiger partial charge in [-0.25, -0.2) is 4.79 Å². The van der Waals surface area contributed by atoms with Crippen LogP contribution >= 0.6 is 0 Å². The molecule has 0 bridgehead atoms. The minimum Gasteiger partial charge on any atom is -0.337 e. The van der Waals surface area contributed by atoms with Crippen molar-refractivity contribution in [1.29, 1.82) is 0 Å². The van der Waals surface area contributed by atoms with Crippen molar-refractivity contribution in [3.63, 3.8) is 0 Å². The molecule has 1 amide bonds. The molecule has 1 atom stereocenters. The Balaban J connectivity index is 2.14. The maximum absolute atomic E-state index is 12.5. The SMILES string of the molecule is CCCN(CC1CCCCN1)C(=O)c1c[nH]c(=O)[nH]c1=O. The molecule has 1 saturated heterocycles. The first-order chi connectivity index (χ1) is 10.1. The van der Waals surface area contributed by atoms with Crippen molar-refractivity contribution in [2.24, 2.45) is 0 Å². The van der Waals surface area contributed by atoms with Gasteiger partial charge in [0.1, 0.15) is 5.56 Å². The summed E-state index contributed by atoms with van der Waals surface area (Å²) in [6.07, 6.45) is 5.37. The van der Waals surface area contributed by atoms with E-state index >= 15 is 0 Å². The number of aromatic nitrogens is 2. The van der Waals surface area contributed by atoms with Gasteiger partial charge in [0.05, 0.1) is 0 Å². The number of amides is 1. The molecule has 0 saturated carbocycles. The fourth-order valence-electron chi connectivity index (χ4n) is 2.63. The number of H-pyrrole nitrogens is 2. The molecule has 3 N–H and O–H groups in total. The number of nitrogens with zero attached hydrogens (tertiary/aromatic N) is 1. The highest BCUT2D eigenvalue weighted by Crippen LogP contribution is 2.10. The van der Waals surface area contributed by atoms with Crippen LogP contribution in [0.5, 0.6) is 0 Å². The van der Waals surface area contributed by atoms with Gasteiger partial charge < -0.3 is 15.2 Å². The topological polar surface area (TPSA) is 98.1 Å². The van der Waals surface area contributed by atoms with E-state index in [1.165, 1.54) is 6.20 Å². The average molecular weight is 294 g/mol. The van der Waals surface area contributed by atoms with Crippen LogP contribution in [0.2, 0.25) is 0 Å². The molecular weight excluding hydrogens is 272 g/mol. The zero-order chi connectivity index (χ0) is 15.2. The Morgan fingerprint density at radius 3 is 2.81 bits per heavy atom. The van der Waals surface area contributed by atoms with Crippen molar-refractivity contribution in [1.82, 2.24) is 20.2 Å². The maximum Gasteiger partial charge on any atom is 0.325 e. The summed E-state index contributed by atoms with van der Waals surface area (Å²) in [4.78, 5) is 41.4. The number of rotatable bonds is 5. The van der Waals surface area contributed by atoms with Crippen molar-refractivity contribution < 1.29 is 4.79 Å². The number of carbonyl (C=O) groups excluding carboxylic acids is 1. The normalized spacial score (nSPS) is 18.4. The van der Waals surface area contributed by atoms with E-state index in [2.05, 4.69) is 15.3 Å². The molecule has 1 aromatic rings. The van der Waals surface area contributed by atoms with Crippen LogP contribution < -0.4 is 16.6 Å². The first-order valence-electron chi connectivity index (χ1n) is 7.46. The van der Waals surface area contributed by atoms with E-state index < -0.39 is 11.2 Å². The Morgan fingerprint density at radius 1 is 1.38 bits per heavy atom. The third-order valence-electron chi connectivity index (χ3n) is 3.68. The Morgan fingerprint density at radius 2 is 2.19 bits per heavy atom. The van der Waals surface area contributed by atoms with E-state index in [0.717, 1.165) is 32.2 Å². The van der Waals surface area contributed by atoms with Crippen molar-refractivity contribution in [2.75, 3.05) is 19.6 Å². The van der Waals surface area contributed by atoms with Gasteiger partial charge in [0.15, 0.2) is 0 Å². The summed E-state index contributed by atoms with van der Waals surface area (Å²) >= 11 is 0. The highest BCUT2D eigenvalue weighted by atomic mass is 16.2. The molecule has 7 heteroatoms. The first kappa shape index (κ1) is 15.5. The van der Waals surface area contributed by atoms with Crippen LogP contribution in [0.15, 0.2) is 15.8 Å². The van der Waals surface area contributed by atoms with Gasteiger partial charge >= 0.3 is 5.69 Å². The molecule has 0 spiro atoms. The third-order valence-corrected chi connectivity index (χ3v) is 3.68. The van der Waals surface area contributed by atoms with E-state index in [1.54, 1.807) is 4.90 Å². The lowest BCUT2D eigenvalue weighted by Gasteiger charge is -2.30. The van der Waals surface area contributed by atoms with Crippen LogP contribution in [-0.2, 0) is 0 Å². The zero-order valence-electron chi connectivity index (χ0n) is 12.3. The third kappa shape index (κ3) is 4.04. The van der Waals surface area contributed by atoms with E-state index in [-0.39, 0.29) is 17.5 Å². The van der Waals surface area contributed by atoms with Crippen molar-refractivity contribution >= 4 is 5.91 Å². The van der Waals surface area contributed by atoms with Gasteiger partial charge in [-0.1, -0.05) is 13.3 Å². The zero-order valence-corrected chi connectivity index (χ0v) is 12.3. The molecule has 21 heavy (non-hydrogen) atoms. The molecule has 1 aliphatic heterocycles. The number of carbonyl (C=O) groups is 1. The summed E-state index contributed by atoms with van der Waals surface area (Å²) in [6, 6.07) is 0.274. The van der Waals surface area contributed by atoms with Crippen LogP contribution in [-0.4, -0.2) is 46.5 Å². The minimum atomic E-state index is -0.638. The second-order valence-electron chi connectivity index (χ2n) is 5.38. The van der Waals surface area contributed by atoms with Crippen LogP contribution in [0.1, 0.15) is 43.0 Å². The molecule has 2 heterocycles. The number of piperidine rings is 1. The predicted octanol–water partition coefficient (Wildman–Crippen LogP) is 0.0575. The Hall–Kier alpha value is -1.89. The van der Waals surface area contributed by atoms with Gasteiger partial charge in [-0.2, -0.15) is 0 Å². The minimum absolute atomic E-state index is 0.0149. The summed E-state index contributed by atoms with van der Waals surface area (Å²) < 4.78 is 0. The standard InChI is InChI=1S/C14H22N4O3/c1-2-7-18(9-10-5-3-4-6-15-10)13(20)11-8-16-14(21)17-12(11)19/h8,10,15H,2-7,9H2,1H3,(H2,16,17,19,21). The molecule has 2 rings (SSSR count). The molecule has 7 nitrogen and oxygen atoms in total. The lowest BCUT2D eigenvalue weighted by Crippen LogP contribution is -2.47. The average Bonchev–Trinajstić information content (AvgIpc) is 2.47. The highest BCUT2D eigenvalue weighted by Gasteiger charge is 2.22. The number of aromatic amines is 2. The molecule has 1 unspecified atom stereocenters. The quantitative estimate of drug-likeness (QED) is 0.715. The van der Waals surface area contributed by atoms with Crippen LogP contribution in [0, 0.1) is 0 Å². The van der Waals surface area contributed by atoms with Crippen LogP contribution in [0.3, 0.4) is 0 Å². The van der Waals surface area contributed by atoms with E-state index in [9.17, 15) is 14.4 Å². The van der Waals surface area contributed by atoms with Crippen LogP contribution in [0.25, 0.3) is 0 Å². The molecule has 116 valence electrons. The fraction of sp³-hybridized carbons (Fsp3) is 0.643. The summed E-state index contributed by atoms with van der Waals surface area (Å²) in [5.41, 5.74) is -1.26. The van der Waals surface area contributed by atoms with Crippen LogP contribution in [0.4, 0.5) is 0 Å². The maximum atomic E-state index is 12.5. The predicted molar refractivity (Wildman–Crippen MR) is 79.5 cm³/mol. The number of nitrogens with one attached hydrogen (secondary N) is 3. The Bertz CT molecular complexity index is 586. The summed E-state index contributed by atoms with van der Waals surface area (Å²) in [5, 5.41) is 3.40. The van der Waals surface area contributed by atoms with E-state index in [1.807, 2.05) is 6.92 Å². The van der Waals surface area contributed by atoms with Gasteiger partial charge in [-0.15, -0.1) is 0 Å². The number of hydrogen-bond acceptors (Lipinski definition) is 4. The molecule has 1 aliphatic rings. The van der Waals surface area contributed by atoms with Gasteiger partial charge in [0.2, 0.25) is 0 Å². The monoisotopic (exact) mass is 294 g/mol. The van der Waals surface area contributed by atoms with E-state index in [0.29, 0.717) is 13.1 Å². The molecule has 0 aromatic carbocycles. The second-order valence-corrected chi connectivity index (χ2v) is 5.38. The van der Waals surface area contributed by atoms with Gasteiger partial charge in [-0.3, -0.25) is 14.6 Å². The van der Waals surface area contributed by atoms with Crippen molar-refractivity contribution in [3.8, 4) is 0 Å². The highest BCUT2D eigenvalue weighted by molar-refractivity contribution is 5.93. The van der Waals surface area contributed by atoms with Gasteiger partial charge in [-0.05, 0) is 25.8 Å². The Labute approximate surface area is 122 Å². The van der Waals surface area contributed by atoms with Gasteiger partial charge in [0, 0.05) is 25.3 Å². The lowest BCUT2D eigenvalue weighted by molar-refractivity contribution is 0.0729. The fourth-order valence-corrected chi connectivity index (χ4v) is 2.63. The summed E-state index contributed by atoms with van der Waals surface area (Å²) in [7, 11) is 0. The molecular formula is C14H22N4O3. The molecule has 1 aromatic heterocycles.